The van der Waals surface area contributed by atoms with Gasteiger partial charge in [0.05, 0.1) is 17.0 Å². The van der Waals surface area contributed by atoms with Gasteiger partial charge in [0.2, 0.25) is 0 Å². The second kappa shape index (κ2) is 7.26. The van der Waals surface area contributed by atoms with Crippen molar-refractivity contribution >= 4 is 17.2 Å². The van der Waals surface area contributed by atoms with E-state index in [9.17, 15) is 28.1 Å². The molecule has 1 aliphatic heterocycles. The van der Waals surface area contributed by atoms with Gasteiger partial charge in [0.15, 0.2) is 5.78 Å². The Hall–Kier alpha value is -3.10. The number of nitrogens with zero attached hydrogens (tertiary/aromatic N) is 2. The van der Waals surface area contributed by atoms with Gasteiger partial charge in [-0.15, -0.1) is 0 Å². The van der Waals surface area contributed by atoms with Gasteiger partial charge in [-0.1, -0.05) is 6.07 Å². The number of ether oxygens (including phenoxy) is 1. The van der Waals surface area contributed by atoms with Gasteiger partial charge < -0.3 is 9.64 Å². The van der Waals surface area contributed by atoms with Gasteiger partial charge >= 0.3 is 6.18 Å². The number of hydrogen-bond donors (Lipinski definition) is 0. The van der Waals surface area contributed by atoms with E-state index in [0.717, 1.165) is 23.4 Å². The Morgan fingerprint density at radius 2 is 2.00 bits per heavy atom. The molecule has 0 N–H and O–H groups in total. The number of halogens is 3. The van der Waals surface area contributed by atoms with Gasteiger partial charge in [0.25, 0.3) is 5.69 Å². The normalized spacial score (nSPS) is 13.4. The number of non-ortho nitro benzene ring substituents is 1. The number of nitro groups is 1. The zero-order chi connectivity index (χ0) is 19.6. The second-order valence-corrected chi connectivity index (χ2v) is 6.09. The summed E-state index contributed by atoms with van der Waals surface area (Å²) in [7, 11) is 0. The highest BCUT2D eigenvalue weighted by molar-refractivity contribution is 5.85. The highest BCUT2D eigenvalue weighted by atomic mass is 19.4. The van der Waals surface area contributed by atoms with Crippen molar-refractivity contribution in [3.8, 4) is 5.75 Å². The van der Waals surface area contributed by atoms with Crippen molar-refractivity contribution in [3.05, 3.63) is 63.7 Å². The van der Waals surface area contributed by atoms with Crippen molar-refractivity contribution < 1.29 is 27.6 Å². The zero-order valence-electron chi connectivity index (χ0n) is 14.0. The number of benzene rings is 2. The molecule has 9 heteroatoms. The molecule has 0 unspecified atom stereocenters. The summed E-state index contributed by atoms with van der Waals surface area (Å²) in [5.41, 5.74) is 0.682. The molecule has 1 aliphatic rings. The van der Waals surface area contributed by atoms with Crippen LogP contribution in [0.2, 0.25) is 0 Å². The van der Waals surface area contributed by atoms with E-state index in [1.165, 1.54) is 24.3 Å². The summed E-state index contributed by atoms with van der Waals surface area (Å²) in [4.78, 5) is 24.3. The molecule has 0 radical (unpaired) electrons. The molecule has 2 aromatic carbocycles. The zero-order valence-corrected chi connectivity index (χ0v) is 14.0. The van der Waals surface area contributed by atoms with Gasteiger partial charge in [0.1, 0.15) is 12.4 Å². The van der Waals surface area contributed by atoms with Gasteiger partial charge in [-0.3, -0.25) is 14.9 Å². The summed E-state index contributed by atoms with van der Waals surface area (Å²) >= 11 is 0. The highest BCUT2D eigenvalue weighted by Crippen LogP contribution is 2.32. The molecular formula is C18H15F3N2O4. The maximum absolute atomic E-state index is 12.7. The van der Waals surface area contributed by atoms with Crippen LogP contribution in [0.5, 0.6) is 5.75 Å². The van der Waals surface area contributed by atoms with E-state index in [2.05, 4.69) is 0 Å². The van der Waals surface area contributed by atoms with Crippen LogP contribution < -0.4 is 9.64 Å². The molecule has 0 saturated carbocycles. The van der Waals surface area contributed by atoms with Gasteiger partial charge in [0, 0.05) is 24.4 Å². The predicted molar refractivity (Wildman–Crippen MR) is 91.0 cm³/mol. The third kappa shape index (κ3) is 4.36. The number of nitro benzene ring substituents is 1. The summed E-state index contributed by atoms with van der Waals surface area (Å²) in [6.07, 6.45) is -3.90. The molecule has 0 saturated heterocycles. The predicted octanol–water partition coefficient (Wildman–Crippen LogP) is 3.62. The third-order valence-corrected chi connectivity index (χ3v) is 4.19. The minimum atomic E-state index is -4.48. The summed E-state index contributed by atoms with van der Waals surface area (Å²) in [6.45, 7) is 0.190. The van der Waals surface area contributed by atoms with Crippen molar-refractivity contribution in [3.63, 3.8) is 0 Å². The van der Waals surface area contributed by atoms with E-state index < -0.39 is 16.7 Å². The average Bonchev–Trinajstić information content (AvgIpc) is 3.01. The molecule has 0 spiro atoms. The monoisotopic (exact) mass is 380 g/mol. The minimum Gasteiger partial charge on any atom is -0.486 e. The molecule has 1 heterocycles. The Kier molecular flexibility index (Phi) is 5.02. The second-order valence-electron chi connectivity index (χ2n) is 6.09. The molecule has 6 nitrogen and oxygen atoms in total. The first-order chi connectivity index (χ1) is 12.7. The number of ketones is 1. The number of carbonyl (C=O) groups is 1. The summed E-state index contributed by atoms with van der Waals surface area (Å²) in [6, 6.07) is 8.80. The summed E-state index contributed by atoms with van der Waals surface area (Å²) in [5.74, 6) is -0.339. The van der Waals surface area contributed by atoms with E-state index in [0.29, 0.717) is 13.0 Å². The van der Waals surface area contributed by atoms with Crippen molar-refractivity contribution in [1.29, 1.82) is 0 Å². The van der Waals surface area contributed by atoms with Crippen LogP contribution >= 0.6 is 0 Å². The van der Waals surface area contributed by atoms with Crippen LogP contribution in [0.1, 0.15) is 11.1 Å². The molecule has 2 aromatic rings. The number of Topliss-reactive ketones (excluding diaryl/α,β-unsaturated/α-hetero) is 1. The molecule has 0 bridgehead atoms. The fourth-order valence-electron chi connectivity index (χ4n) is 2.92. The fraction of sp³-hybridized carbons (Fsp3) is 0.278. The molecule has 27 heavy (non-hydrogen) atoms. The molecule has 0 aliphatic carbocycles. The lowest BCUT2D eigenvalue weighted by Crippen LogP contribution is -2.31. The van der Waals surface area contributed by atoms with E-state index in [1.54, 1.807) is 11.0 Å². The average molecular weight is 380 g/mol. The largest absolute Gasteiger partial charge is 0.486 e. The van der Waals surface area contributed by atoms with Gasteiger partial charge in [-0.25, -0.2) is 0 Å². The first kappa shape index (κ1) is 18.7. The van der Waals surface area contributed by atoms with E-state index in [1.807, 2.05) is 0 Å². The van der Waals surface area contributed by atoms with Crippen molar-refractivity contribution in [2.75, 3.05) is 24.6 Å². The van der Waals surface area contributed by atoms with E-state index >= 15 is 0 Å². The lowest BCUT2D eigenvalue weighted by Gasteiger charge is -2.18. The number of anilines is 1. The Labute approximate surface area is 152 Å². The van der Waals surface area contributed by atoms with E-state index in [4.69, 9.17) is 4.74 Å². The van der Waals surface area contributed by atoms with Crippen molar-refractivity contribution in [2.45, 2.75) is 12.6 Å². The first-order valence-electron chi connectivity index (χ1n) is 8.08. The summed E-state index contributed by atoms with van der Waals surface area (Å²) < 4.78 is 43.2. The van der Waals surface area contributed by atoms with Crippen LogP contribution in [0.25, 0.3) is 0 Å². The quantitative estimate of drug-likeness (QED) is 0.565. The van der Waals surface area contributed by atoms with Gasteiger partial charge in [-0.05, 0) is 36.2 Å². The number of hydrogen-bond acceptors (Lipinski definition) is 5. The van der Waals surface area contributed by atoms with Gasteiger partial charge in [-0.2, -0.15) is 13.2 Å². The smallest absolute Gasteiger partial charge is 0.416 e. The standard InChI is InChI=1S/C18H15F3N2O4/c19-18(20,21)13-2-1-3-16(9-13)27-11-15(24)10-22-7-6-12-8-14(23(25)26)4-5-17(12)22/h1-5,8-9H,6-7,10-11H2. The highest BCUT2D eigenvalue weighted by Gasteiger charge is 2.30. The Morgan fingerprint density at radius 3 is 2.70 bits per heavy atom. The summed E-state index contributed by atoms with van der Waals surface area (Å²) in [5, 5.41) is 10.8. The van der Waals surface area contributed by atoms with E-state index in [-0.39, 0.29) is 30.4 Å². The lowest BCUT2D eigenvalue weighted by atomic mass is 10.1. The molecule has 142 valence electrons. The van der Waals surface area contributed by atoms with Crippen LogP contribution in [0.3, 0.4) is 0 Å². The van der Waals surface area contributed by atoms with Crippen LogP contribution in [0.15, 0.2) is 42.5 Å². The Morgan fingerprint density at radius 1 is 1.22 bits per heavy atom. The maximum Gasteiger partial charge on any atom is 0.416 e. The SMILES string of the molecule is O=C(COc1cccc(C(F)(F)F)c1)CN1CCc2cc([N+](=O)[O-])ccc21. The maximum atomic E-state index is 12.7. The fourth-order valence-corrected chi connectivity index (χ4v) is 2.92. The van der Waals surface area contributed by atoms with Crippen molar-refractivity contribution in [1.82, 2.24) is 0 Å². The lowest BCUT2D eigenvalue weighted by molar-refractivity contribution is -0.384. The number of alkyl halides is 3. The minimum absolute atomic E-state index is 0.00481. The molecule has 0 aromatic heterocycles. The number of carbonyl (C=O) groups excluding carboxylic acids is 1. The van der Waals surface area contributed by atoms with Crippen LogP contribution in [0, 0.1) is 10.1 Å². The molecular weight excluding hydrogens is 365 g/mol. The molecule has 0 amide bonds. The number of fused-ring (bicyclic) bond motifs is 1. The Bertz CT molecular complexity index is 883. The third-order valence-electron chi connectivity index (χ3n) is 4.19. The number of rotatable bonds is 6. The van der Waals surface area contributed by atoms with Crippen LogP contribution in [0.4, 0.5) is 24.5 Å². The first-order valence-corrected chi connectivity index (χ1v) is 8.08. The topological polar surface area (TPSA) is 72.7 Å². The van der Waals surface area contributed by atoms with Crippen molar-refractivity contribution in [2.24, 2.45) is 0 Å². The van der Waals surface area contributed by atoms with Crippen LogP contribution in [-0.4, -0.2) is 30.4 Å². The molecule has 0 atom stereocenters. The Balaban J connectivity index is 1.59. The van der Waals surface area contributed by atoms with Crippen LogP contribution in [-0.2, 0) is 17.4 Å². The molecule has 3 rings (SSSR count). The molecule has 0 fully saturated rings.